The van der Waals surface area contributed by atoms with Crippen LogP contribution in [0.2, 0.25) is 0 Å². The lowest BCUT2D eigenvalue weighted by Crippen LogP contribution is -2.59. The summed E-state index contributed by atoms with van der Waals surface area (Å²) in [6.45, 7) is 0.624. The van der Waals surface area contributed by atoms with Gasteiger partial charge in [0.05, 0.1) is 0 Å². The van der Waals surface area contributed by atoms with Crippen LogP contribution < -0.4 is 16.0 Å². The number of carbonyl (C=O) groups is 3. The van der Waals surface area contributed by atoms with Crippen LogP contribution in [0, 0.1) is 23.6 Å². The summed E-state index contributed by atoms with van der Waals surface area (Å²) in [7, 11) is 1.39. The van der Waals surface area contributed by atoms with Crippen LogP contribution in [-0.2, 0) is 16.8 Å². The summed E-state index contributed by atoms with van der Waals surface area (Å²) < 4.78 is 44.4. The number of anilines is 1. The van der Waals surface area contributed by atoms with E-state index in [-0.39, 0.29) is 29.2 Å². The lowest BCUT2D eigenvalue weighted by Gasteiger charge is -2.40. The third-order valence-electron chi connectivity index (χ3n) is 5.57. The molecule has 2 atom stereocenters. The van der Waals surface area contributed by atoms with Crippen LogP contribution in [0.1, 0.15) is 30.9 Å². The van der Waals surface area contributed by atoms with Crippen molar-refractivity contribution in [2.75, 3.05) is 12.4 Å². The van der Waals surface area contributed by atoms with Crippen molar-refractivity contribution in [3.05, 3.63) is 29.1 Å². The minimum Gasteiger partial charge on any atom is -0.315 e. The number of likely N-dealkylation sites (N-methyl/N-ethyl adjacent to an activating group) is 1. The Bertz CT molecular complexity index is 1020. The van der Waals surface area contributed by atoms with Crippen LogP contribution in [0.4, 0.5) is 28.4 Å². The third kappa shape index (κ3) is 3.24. The first kappa shape index (κ1) is 20.1. The third-order valence-corrected chi connectivity index (χ3v) is 5.57. The zero-order valence-electron chi connectivity index (χ0n) is 16.2. The van der Waals surface area contributed by atoms with Crippen molar-refractivity contribution in [3.8, 4) is 11.8 Å². The average molecular weight is 420 g/mol. The Morgan fingerprint density at radius 2 is 1.93 bits per heavy atom. The van der Waals surface area contributed by atoms with E-state index in [1.807, 2.05) is 0 Å². The number of amides is 5. The second-order valence-corrected chi connectivity index (χ2v) is 7.88. The van der Waals surface area contributed by atoms with Crippen LogP contribution in [0.5, 0.6) is 0 Å². The molecular weight excluding hydrogens is 401 g/mol. The van der Waals surface area contributed by atoms with Crippen LogP contribution in [-0.4, -0.2) is 41.9 Å². The van der Waals surface area contributed by atoms with Crippen LogP contribution in [0.25, 0.3) is 0 Å². The van der Waals surface area contributed by atoms with Gasteiger partial charge in [0.1, 0.15) is 11.9 Å². The maximum Gasteiger partial charge on any atom is 0.324 e. The summed E-state index contributed by atoms with van der Waals surface area (Å²) >= 11 is 0. The van der Waals surface area contributed by atoms with Gasteiger partial charge in [-0.3, -0.25) is 10.1 Å². The molecule has 0 unspecified atom stereocenters. The largest absolute Gasteiger partial charge is 0.324 e. The molecule has 158 valence electrons. The number of urea groups is 2. The molecule has 1 aromatic carbocycles. The molecule has 5 amide bonds. The lowest BCUT2D eigenvalue weighted by molar-refractivity contribution is -0.121. The molecule has 1 saturated carbocycles. The second-order valence-electron chi connectivity index (χ2n) is 7.88. The van der Waals surface area contributed by atoms with Crippen molar-refractivity contribution in [3.63, 3.8) is 0 Å². The van der Waals surface area contributed by atoms with Gasteiger partial charge >= 0.3 is 12.1 Å². The summed E-state index contributed by atoms with van der Waals surface area (Å²) in [5.41, 5.74) is -2.59. The Balaban J connectivity index is 1.78. The molecule has 1 aliphatic carbocycles. The van der Waals surface area contributed by atoms with Gasteiger partial charge in [0, 0.05) is 37.6 Å². The number of nitrogens with zero attached hydrogens (tertiary/aromatic N) is 1. The predicted octanol–water partition coefficient (Wildman–Crippen LogP) is 2.32. The molecule has 2 fully saturated rings. The fraction of sp³-hybridized carbons (Fsp3) is 0.450. The first-order valence-electron chi connectivity index (χ1n) is 9.42. The van der Waals surface area contributed by atoms with Gasteiger partial charge in [0.2, 0.25) is 0 Å². The van der Waals surface area contributed by atoms with E-state index in [0.29, 0.717) is 6.92 Å². The van der Waals surface area contributed by atoms with Crippen molar-refractivity contribution in [1.82, 2.24) is 15.5 Å². The van der Waals surface area contributed by atoms with Gasteiger partial charge in [0.25, 0.3) is 11.8 Å². The SMILES string of the molecule is CN1C(=O)NC(=O)[C@@H]1Cc1cc2c(cc1F)[C@@](C#CC1CC1)(C(C)(F)F)NC(=O)N2. The van der Waals surface area contributed by atoms with Crippen molar-refractivity contribution in [1.29, 1.82) is 0 Å². The molecule has 7 nitrogen and oxygen atoms in total. The minimum absolute atomic E-state index is 0.00104. The van der Waals surface area contributed by atoms with Gasteiger partial charge in [-0.05, 0) is 30.5 Å². The smallest absolute Gasteiger partial charge is 0.315 e. The molecule has 2 heterocycles. The highest BCUT2D eigenvalue weighted by atomic mass is 19.3. The number of hydrogen-bond donors (Lipinski definition) is 3. The van der Waals surface area contributed by atoms with Gasteiger partial charge in [-0.25, -0.2) is 22.8 Å². The molecule has 1 saturated heterocycles. The molecule has 0 bridgehead atoms. The average Bonchev–Trinajstić information content (AvgIpc) is 3.43. The molecule has 4 rings (SSSR count). The Hall–Kier alpha value is -3.22. The molecule has 0 radical (unpaired) electrons. The highest BCUT2D eigenvalue weighted by molar-refractivity contribution is 6.04. The Kier molecular flexibility index (Phi) is 4.45. The quantitative estimate of drug-likeness (QED) is 0.518. The Labute approximate surface area is 170 Å². The zero-order valence-corrected chi connectivity index (χ0v) is 16.2. The topological polar surface area (TPSA) is 90.5 Å². The van der Waals surface area contributed by atoms with Crippen molar-refractivity contribution in [2.45, 2.75) is 43.7 Å². The number of fused-ring (bicyclic) bond motifs is 1. The maximum absolute atomic E-state index is 15.0. The fourth-order valence-electron chi connectivity index (χ4n) is 3.60. The van der Waals surface area contributed by atoms with Gasteiger partial charge in [-0.1, -0.05) is 11.8 Å². The Morgan fingerprint density at radius 3 is 2.50 bits per heavy atom. The van der Waals surface area contributed by atoms with E-state index in [1.54, 1.807) is 0 Å². The first-order chi connectivity index (χ1) is 14.0. The molecule has 0 spiro atoms. The van der Waals surface area contributed by atoms with Gasteiger partial charge < -0.3 is 15.5 Å². The fourth-order valence-corrected chi connectivity index (χ4v) is 3.60. The van der Waals surface area contributed by atoms with Crippen LogP contribution in [0.15, 0.2) is 12.1 Å². The highest BCUT2D eigenvalue weighted by Crippen LogP contribution is 2.44. The summed E-state index contributed by atoms with van der Waals surface area (Å²) in [6.07, 6.45) is 1.40. The molecule has 2 aliphatic heterocycles. The maximum atomic E-state index is 15.0. The van der Waals surface area contributed by atoms with Crippen LogP contribution in [0.3, 0.4) is 0 Å². The van der Waals surface area contributed by atoms with E-state index in [2.05, 4.69) is 27.8 Å². The van der Waals surface area contributed by atoms with E-state index < -0.39 is 41.3 Å². The molecule has 0 aromatic heterocycles. The Morgan fingerprint density at radius 1 is 1.23 bits per heavy atom. The minimum atomic E-state index is -3.51. The van der Waals surface area contributed by atoms with Gasteiger partial charge in [-0.2, -0.15) is 0 Å². The number of benzene rings is 1. The summed E-state index contributed by atoms with van der Waals surface area (Å²) in [6, 6.07) is -0.329. The monoisotopic (exact) mass is 420 g/mol. The molecular formula is C20H19F3N4O3. The normalized spacial score (nSPS) is 25.7. The van der Waals surface area contributed by atoms with E-state index in [4.69, 9.17) is 0 Å². The highest BCUT2D eigenvalue weighted by Gasteiger charge is 2.55. The van der Waals surface area contributed by atoms with E-state index in [9.17, 15) is 27.6 Å². The lowest BCUT2D eigenvalue weighted by atomic mass is 9.81. The number of rotatable bonds is 3. The first-order valence-corrected chi connectivity index (χ1v) is 9.42. The van der Waals surface area contributed by atoms with E-state index in [0.717, 1.165) is 23.8 Å². The number of carbonyl (C=O) groups excluding carboxylic acids is 3. The van der Waals surface area contributed by atoms with Crippen molar-refractivity contribution >= 4 is 23.7 Å². The predicted molar refractivity (Wildman–Crippen MR) is 100 cm³/mol. The summed E-state index contributed by atoms with van der Waals surface area (Å²) in [4.78, 5) is 36.9. The zero-order chi connectivity index (χ0) is 21.8. The van der Waals surface area contributed by atoms with Crippen LogP contribution >= 0.6 is 0 Å². The summed E-state index contributed by atoms with van der Waals surface area (Å²) in [5.74, 6) is 0.311. The van der Waals surface area contributed by atoms with Gasteiger partial charge in [-0.15, -0.1) is 0 Å². The molecule has 3 N–H and O–H groups in total. The number of imide groups is 1. The molecule has 30 heavy (non-hydrogen) atoms. The second kappa shape index (κ2) is 6.65. The van der Waals surface area contributed by atoms with E-state index in [1.165, 1.54) is 13.1 Å². The number of hydrogen-bond acceptors (Lipinski definition) is 3. The van der Waals surface area contributed by atoms with Crippen molar-refractivity contribution in [2.24, 2.45) is 5.92 Å². The standard InChI is InChI=1S/C20H19F3N4O3/c1-19(22,23)20(6-5-10-3-4-10)12-9-13(21)11(7-14(12)24-17(29)26-20)8-15-16(28)25-18(30)27(15)2/h7,9-10,15H,3-4,8H2,1-2H3,(H2,24,26,29)(H,25,28,30)/t15-,20-/m0/s1. The summed E-state index contributed by atoms with van der Waals surface area (Å²) in [5, 5.41) is 6.73. The van der Waals surface area contributed by atoms with Gasteiger partial charge in [0.15, 0.2) is 5.54 Å². The van der Waals surface area contributed by atoms with Crippen molar-refractivity contribution < 1.29 is 27.6 Å². The molecule has 3 aliphatic rings. The molecule has 1 aromatic rings. The number of alkyl halides is 2. The molecule has 10 heteroatoms. The number of halogens is 3. The number of nitrogens with one attached hydrogen (secondary N) is 3. The van der Waals surface area contributed by atoms with E-state index >= 15 is 0 Å².